The predicted octanol–water partition coefficient (Wildman–Crippen LogP) is 4.79. The van der Waals surface area contributed by atoms with E-state index in [2.05, 4.69) is 42.0 Å². The minimum atomic E-state index is -0.456. The van der Waals surface area contributed by atoms with E-state index < -0.39 is 5.82 Å². The zero-order chi connectivity index (χ0) is 14.9. The molecule has 5 heteroatoms. The molecule has 2 rings (SSSR count). The lowest BCUT2D eigenvalue weighted by Gasteiger charge is -2.51. The number of halogens is 3. The molecule has 20 heavy (non-hydrogen) atoms. The molecule has 0 heterocycles. The fourth-order valence-corrected chi connectivity index (χ4v) is 3.23. The maximum absolute atomic E-state index is 13.5. The molecule has 0 amide bonds. The van der Waals surface area contributed by atoms with Crippen molar-refractivity contribution in [1.82, 2.24) is 5.32 Å². The van der Waals surface area contributed by atoms with Crippen LogP contribution in [-0.4, -0.2) is 18.7 Å². The Bertz CT molecular complexity index is 495. The number of hydrogen-bond donors (Lipinski definition) is 1. The SMILES string of the molecule is CCCNC1CC(Oc2cc(F)c(Cl)cc2Br)C1(C)C. The molecule has 1 aromatic carbocycles. The van der Waals surface area contributed by atoms with Crippen LogP contribution in [0.25, 0.3) is 0 Å². The number of rotatable bonds is 5. The van der Waals surface area contributed by atoms with Crippen molar-refractivity contribution in [2.75, 3.05) is 6.54 Å². The second-order valence-corrected chi connectivity index (χ2v) is 7.13. The van der Waals surface area contributed by atoms with Crippen LogP contribution in [0.1, 0.15) is 33.6 Å². The Morgan fingerprint density at radius 2 is 2.20 bits per heavy atom. The minimum absolute atomic E-state index is 0.0325. The van der Waals surface area contributed by atoms with Gasteiger partial charge in [-0.3, -0.25) is 0 Å². The van der Waals surface area contributed by atoms with Crippen LogP contribution >= 0.6 is 27.5 Å². The lowest BCUT2D eigenvalue weighted by Crippen LogP contribution is -2.62. The van der Waals surface area contributed by atoms with E-state index >= 15 is 0 Å². The molecule has 2 unspecified atom stereocenters. The molecule has 0 saturated heterocycles. The van der Waals surface area contributed by atoms with Crippen molar-refractivity contribution < 1.29 is 9.13 Å². The van der Waals surface area contributed by atoms with Crippen LogP contribution in [0.5, 0.6) is 5.75 Å². The van der Waals surface area contributed by atoms with E-state index in [1.54, 1.807) is 0 Å². The Labute approximate surface area is 133 Å². The third-order valence-corrected chi connectivity index (χ3v) is 4.97. The first kappa shape index (κ1) is 16.1. The molecule has 0 bridgehead atoms. The van der Waals surface area contributed by atoms with Crippen LogP contribution in [0, 0.1) is 11.2 Å². The molecule has 1 fully saturated rings. The van der Waals surface area contributed by atoms with E-state index in [1.807, 2.05) is 0 Å². The zero-order valence-electron chi connectivity index (χ0n) is 12.0. The summed E-state index contributed by atoms with van der Waals surface area (Å²) in [5, 5.41) is 3.62. The molecule has 0 aliphatic heterocycles. The van der Waals surface area contributed by atoms with Gasteiger partial charge in [-0.05, 0) is 35.0 Å². The molecule has 2 atom stereocenters. The van der Waals surface area contributed by atoms with E-state index in [-0.39, 0.29) is 16.5 Å². The van der Waals surface area contributed by atoms with Crippen LogP contribution in [0.3, 0.4) is 0 Å². The molecule has 1 aliphatic carbocycles. The Morgan fingerprint density at radius 1 is 1.50 bits per heavy atom. The summed E-state index contributed by atoms with van der Waals surface area (Å²) in [4.78, 5) is 0. The summed E-state index contributed by atoms with van der Waals surface area (Å²) in [7, 11) is 0. The summed E-state index contributed by atoms with van der Waals surface area (Å²) in [6, 6.07) is 3.32. The smallest absolute Gasteiger partial charge is 0.145 e. The van der Waals surface area contributed by atoms with Crippen LogP contribution in [0.2, 0.25) is 5.02 Å². The highest BCUT2D eigenvalue weighted by Gasteiger charge is 2.49. The normalized spacial score (nSPS) is 24.3. The lowest BCUT2D eigenvalue weighted by atomic mass is 9.64. The average Bonchev–Trinajstić information content (AvgIpc) is 2.38. The topological polar surface area (TPSA) is 21.3 Å². The summed E-state index contributed by atoms with van der Waals surface area (Å²) in [6.07, 6.45) is 2.13. The minimum Gasteiger partial charge on any atom is -0.488 e. The second kappa shape index (κ2) is 6.20. The van der Waals surface area contributed by atoms with Gasteiger partial charge in [-0.1, -0.05) is 32.4 Å². The van der Waals surface area contributed by atoms with Crippen LogP contribution < -0.4 is 10.1 Å². The van der Waals surface area contributed by atoms with Gasteiger partial charge < -0.3 is 10.1 Å². The van der Waals surface area contributed by atoms with Crippen molar-refractivity contribution >= 4 is 27.5 Å². The third kappa shape index (κ3) is 3.12. The zero-order valence-corrected chi connectivity index (χ0v) is 14.3. The van der Waals surface area contributed by atoms with Crippen molar-refractivity contribution in [1.29, 1.82) is 0 Å². The summed E-state index contributed by atoms with van der Waals surface area (Å²) >= 11 is 9.10. The highest BCUT2D eigenvalue weighted by molar-refractivity contribution is 9.10. The van der Waals surface area contributed by atoms with Gasteiger partial charge in [0.25, 0.3) is 0 Å². The van der Waals surface area contributed by atoms with Gasteiger partial charge in [-0.25, -0.2) is 4.39 Å². The summed E-state index contributed by atoms with van der Waals surface area (Å²) in [5.41, 5.74) is 0.0325. The molecular formula is C15H20BrClFNO. The van der Waals surface area contributed by atoms with Gasteiger partial charge in [0, 0.05) is 23.9 Å². The monoisotopic (exact) mass is 363 g/mol. The molecule has 1 N–H and O–H groups in total. The number of hydrogen-bond acceptors (Lipinski definition) is 2. The van der Waals surface area contributed by atoms with Gasteiger partial charge in [-0.15, -0.1) is 0 Å². The van der Waals surface area contributed by atoms with Crippen molar-refractivity contribution in [2.24, 2.45) is 5.41 Å². The number of nitrogens with one attached hydrogen (secondary N) is 1. The van der Waals surface area contributed by atoms with Crippen LogP contribution in [0.15, 0.2) is 16.6 Å². The van der Waals surface area contributed by atoms with Crippen molar-refractivity contribution in [2.45, 2.75) is 45.8 Å². The maximum Gasteiger partial charge on any atom is 0.145 e. The predicted molar refractivity (Wildman–Crippen MR) is 84.0 cm³/mol. The number of benzene rings is 1. The lowest BCUT2D eigenvalue weighted by molar-refractivity contribution is -0.0550. The summed E-state index contributed by atoms with van der Waals surface area (Å²) in [6.45, 7) is 7.52. The molecule has 112 valence electrons. The van der Waals surface area contributed by atoms with Gasteiger partial charge in [0.1, 0.15) is 17.7 Å². The highest BCUT2D eigenvalue weighted by atomic mass is 79.9. The Hall–Kier alpha value is -0.320. The first-order chi connectivity index (χ1) is 9.36. The molecule has 0 aromatic heterocycles. The quantitative estimate of drug-likeness (QED) is 0.759. The van der Waals surface area contributed by atoms with Gasteiger partial charge in [0.15, 0.2) is 0 Å². The fraction of sp³-hybridized carbons (Fsp3) is 0.600. The fourth-order valence-electron chi connectivity index (χ4n) is 2.50. The van der Waals surface area contributed by atoms with Gasteiger partial charge in [0.2, 0.25) is 0 Å². The standard InChI is InChI=1S/C15H20BrClFNO/c1-4-5-19-13-8-14(15(13,2)3)20-12-7-11(18)10(17)6-9(12)16/h6-7,13-14,19H,4-5,8H2,1-3H3. The molecule has 1 aromatic rings. The largest absolute Gasteiger partial charge is 0.488 e. The van der Waals surface area contributed by atoms with Gasteiger partial charge in [-0.2, -0.15) is 0 Å². The highest BCUT2D eigenvalue weighted by Crippen LogP contribution is 2.44. The molecule has 2 nitrogen and oxygen atoms in total. The molecular weight excluding hydrogens is 345 g/mol. The summed E-state index contributed by atoms with van der Waals surface area (Å²) < 4.78 is 20.2. The van der Waals surface area contributed by atoms with Gasteiger partial charge >= 0.3 is 0 Å². The average molecular weight is 365 g/mol. The van der Waals surface area contributed by atoms with Crippen molar-refractivity contribution in [3.63, 3.8) is 0 Å². The molecule has 0 radical (unpaired) electrons. The molecule has 1 saturated carbocycles. The Morgan fingerprint density at radius 3 is 2.80 bits per heavy atom. The molecule has 0 spiro atoms. The van der Waals surface area contributed by atoms with Crippen LogP contribution in [-0.2, 0) is 0 Å². The number of ether oxygens (including phenoxy) is 1. The van der Waals surface area contributed by atoms with Gasteiger partial charge in [0.05, 0.1) is 9.50 Å². The van der Waals surface area contributed by atoms with E-state index in [0.29, 0.717) is 16.3 Å². The van der Waals surface area contributed by atoms with E-state index in [1.165, 1.54) is 12.1 Å². The summed E-state index contributed by atoms with van der Waals surface area (Å²) in [5.74, 6) is 0.0570. The first-order valence-corrected chi connectivity index (χ1v) is 8.08. The van der Waals surface area contributed by atoms with E-state index in [4.69, 9.17) is 16.3 Å². The van der Waals surface area contributed by atoms with E-state index in [9.17, 15) is 4.39 Å². The third-order valence-electron chi connectivity index (χ3n) is 4.06. The first-order valence-electron chi connectivity index (χ1n) is 6.90. The maximum atomic E-state index is 13.5. The van der Waals surface area contributed by atoms with E-state index in [0.717, 1.165) is 19.4 Å². The Balaban J connectivity index is 2.04. The van der Waals surface area contributed by atoms with Crippen molar-refractivity contribution in [3.05, 3.63) is 27.4 Å². The molecule has 1 aliphatic rings. The second-order valence-electron chi connectivity index (χ2n) is 5.87. The Kier molecular flexibility index (Phi) is 4.98. The van der Waals surface area contributed by atoms with Crippen molar-refractivity contribution in [3.8, 4) is 5.75 Å². The van der Waals surface area contributed by atoms with Crippen LogP contribution in [0.4, 0.5) is 4.39 Å².